The minimum atomic E-state index is -0.517. The number of hydrogen-bond donors (Lipinski definition) is 0. The second kappa shape index (κ2) is 8.78. The Morgan fingerprint density at radius 3 is 2.53 bits per heavy atom. The number of allylic oxidation sites excluding steroid dienone is 3. The van der Waals surface area contributed by atoms with Crippen LogP contribution in [0.15, 0.2) is 47.0 Å². The third kappa shape index (κ3) is 3.81. The summed E-state index contributed by atoms with van der Waals surface area (Å²) >= 11 is 0. The molecule has 2 aromatic rings. The summed E-state index contributed by atoms with van der Waals surface area (Å²) in [6.07, 6.45) is 7.86. The average Bonchev–Trinajstić information content (AvgIpc) is 3.30. The van der Waals surface area contributed by atoms with Gasteiger partial charge in [0, 0.05) is 11.6 Å². The van der Waals surface area contributed by atoms with Gasteiger partial charge in [0.25, 0.3) is 5.89 Å². The van der Waals surface area contributed by atoms with Gasteiger partial charge in [-0.2, -0.15) is 19.3 Å². The van der Waals surface area contributed by atoms with Gasteiger partial charge in [-0.15, -0.1) is 0 Å². The number of nitrogens with zero attached hydrogens (tertiary/aromatic N) is 4. The van der Waals surface area contributed by atoms with Crippen molar-refractivity contribution < 1.29 is 28.2 Å². The van der Waals surface area contributed by atoms with Crippen LogP contribution in [0.4, 0.5) is 4.79 Å². The van der Waals surface area contributed by atoms with Crippen LogP contribution in [0.2, 0.25) is 0 Å². The predicted molar refractivity (Wildman–Crippen MR) is 116 cm³/mol. The highest BCUT2D eigenvalue weighted by Crippen LogP contribution is 2.29. The number of carbonyl (C=O) groups is 2. The Bertz CT molecular complexity index is 1120. The Hall–Kier alpha value is -3.75. The highest BCUT2D eigenvalue weighted by molar-refractivity contribution is 6.16. The lowest BCUT2D eigenvalue weighted by atomic mass is 9.93. The van der Waals surface area contributed by atoms with Gasteiger partial charge in [0.2, 0.25) is 5.82 Å². The molecule has 1 aromatic heterocycles. The van der Waals surface area contributed by atoms with E-state index in [1.54, 1.807) is 50.6 Å². The van der Waals surface area contributed by atoms with Gasteiger partial charge in [-0.1, -0.05) is 30.3 Å². The molecule has 2 atom stereocenters. The molecule has 0 fully saturated rings. The molecule has 4 rings (SSSR count). The summed E-state index contributed by atoms with van der Waals surface area (Å²) in [7, 11) is 3.12. The van der Waals surface area contributed by atoms with Crippen molar-refractivity contribution in [1.82, 2.24) is 15.0 Å². The normalized spacial score (nSPS) is 18.8. The van der Waals surface area contributed by atoms with Crippen LogP contribution in [0.5, 0.6) is 11.5 Å². The van der Waals surface area contributed by atoms with E-state index in [1.807, 2.05) is 19.9 Å². The number of aromatic nitrogens is 2. The van der Waals surface area contributed by atoms with Crippen molar-refractivity contribution in [2.75, 3.05) is 14.2 Å². The molecule has 3 amide bonds. The van der Waals surface area contributed by atoms with Crippen molar-refractivity contribution in [3.8, 4) is 22.9 Å². The number of urea groups is 1. The fraction of sp³-hybridized carbons (Fsp3) is 0.348. The van der Waals surface area contributed by atoms with Crippen molar-refractivity contribution in [2.45, 2.75) is 32.9 Å². The van der Waals surface area contributed by atoms with E-state index in [4.69, 9.17) is 14.0 Å². The van der Waals surface area contributed by atoms with Gasteiger partial charge in [0.15, 0.2) is 6.54 Å². The topological polar surface area (TPSA) is 97.8 Å². The van der Waals surface area contributed by atoms with Crippen molar-refractivity contribution >= 4 is 17.6 Å². The van der Waals surface area contributed by atoms with Crippen molar-refractivity contribution in [2.24, 2.45) is 5.92 Å². The number of rotatable bonds is 7. The van der Waals surface area contributed by atoms with Gasteiger partial charge in [0.1, 0.15) is 29.2 Å². The second-order valence-corrected chi connectivity index (χ2v) is 7.59. The number of amides is 3. The summed E-state index contributed by atoms with van der Waals surface area (Å²) < 4.78 is 17.6. The zero-order chi connectivity index (χ0) is 22.8. The predicted octanol–water partition coefficient (Wildman–Crippen LogP) is 3.21. The van der Waals surface area contributed by atoms with Crippen LogP contribution in [-0.4, -0.2) is 57.5 Å². The minimum absolute atomic E-state index is 0.0527. The molecule has 1 aromatic carbocycles. The van der Waals surface area contributed by atoms with Gasteiger partial charge in [0.05, 0.1) is 14.2 Å². The van der Waals surface area contributed by atoms with E-state index in [-0.39, 0.29) is 24.4 Å². The van der Waals surface area contributed by atoms with Crippen molar-refractivity contribution in [3.63, 3.8) is 0 Å². The van der Waals surface area contributed by atoms with Crippen LogP contribution >= 0.6 is 0 Å². The molecule has 0 spiro atoms. The first kappa shape index (κ1) is 21.5. The number of imide groups is 1. The first-order valence-electron chi connectivity index (χ1n) is 10.4. The zero-order valence-corrected chi connectivity index (χ0v) is 18.4. The Balaban J connectivity index is 1.69. The molecule has 2 heterocycles. The molecule has 2 aliphatic rings. The summed E-state index contributed by atoms with van der Waals surface area (Å²) in [5.41, 5.74) is 1.26. The zero-order valence-electron chi connectivity index (χ0n) is 18.4. The summed E-state index contributed by atoms with van der Waals surface area (Å²) in [6, 6.07) is 4.67. The minimum Gasteiger partial charge on any atom is -0.497 e. The maximum atomic E-state index is 13.3. The number of benzene rings is 1. The molecule has 0 saturated carbocycles. The maximum Gasteiger partial charge on any atom is 0.501 e. The average molecular weight is 437 g/mol. The lowest BCUT2D eigenvalue weighted by Crippen LogP contribution is -2.56. The number of methoxy groups -OCH3 is 2. The molecular weight excluding hydrogens is 412 g/mol. The third-order valence-corrected chi connectivity index (χ3v) is 5.66. The van der Waals surface area contributed by atoms with E-state index >= 15 is 0 Å². The Labute approximate surface area is 185 Å². The summed E-state index contributed by atoms with van der Waals surface area (Å²) in [5.74, 6) is 1.05. The Kier molecular flexibility index (Phi) is 5.89. The quantitative estimate of drug-likeness (QED) is 0.614. The first-order valence-corrected chi connectivity index (χ1v) is 10.4. The monoisotopic (exact) mass is 437 g/mol. The highest BCUT2D eigenvalue weighted by Gasteiger charge is 2.49. The van der Waals surface area contributed by atoms with E-state index in [2.05, 4.69) is 10.1 Å². The van der Waals surface area contributed by atoms with Crippen molar-refractivity contribution in [3.05, 3.63) is 48.4 Å². The van der Waals surface area contributed by atoms with Crippen LogP contribution in [-0.2, 0) is 11.3 Å². The summed E-state index contributed by atoms with van der Waals surface area (Å²) in [6.45, 7) is 3.86. The summed E-state index contributed by atoms with van der Waals surface area (Å²) in [4.78, 5) is 32.0. The largest absolute Gasteiger partial charge is 0.501 e. The SMILES string of the molecule is CCC(C)N1C(=O)C2C=CC=CC2=[N+](Cc2nc(-c3cc(OC)cc(OC)c3)no2)C1=O. The molecule has 0 N–H and O–H groups in total. The number of fused-ring (bicyclic) bond motifs is 1. The van der Waals surface area contributed by atoms with E-state index in [0.29, 0.717) is 35.0 Å². The van der Waals surface area contributed by atoms with E-state index in [1.165, 1.54) is 9.48 Å². The smallest absolute Gasteiger partial charge is 0.497 e. The number of ether oxygens (including phenoxy) is 2. The number of hydrogen-bond acceptors (Lipinski definition) is 7. The Morgan fingerprint density at radius 2 is 1.88 bits per heavy atom. The van der Waals surface area contributed by atoms with Gasteiger partial charge in [-0.3, -0.25) is 0 Å². The molecule has 9 heteroatoms. The summed E-state index contributed by atoms with van der Waals surface area (Å²) in [5, 5.41) is 4.06. The lowest BCUT2D eigenvalue weighted by molar-refractivity contribution is -0.461. The molecule has 0 radical (unpaired) electrons. The fourth-order valence-electron chi connectivity index (χ4n) is 3.74. The molecule has 1 aliphatic heterocycles. The van der Waals surface area contributed by atoms with E-state index < -0.39 is 11.9 Å². The van der Waals surface area contributed by atoms with Crippen LogP contribution < -0.4 is 9.47 Å². The number of carbonyl (C=O) groups excluding carboxylic acids is 2. The molecule has 0 bridgehead atoms. The molecule has 1 aliphatic carbocycles. The van der Waals surface area contributed by atoms with Gasteiger partial charge in [-0.05, 0) is 31.6 Å². The van der Waals surface area contributed by atoms with Gasteiger partial charge >= 0.3 is 11.9 Å². The molecule has 9 nitrogen and oxygen atoms in total. The van der Waals surface area contributed by atoms with Gasteiger partial charge in [-0.25, -0.2) is 4.79 Å². The van der Waals surface area contributed by atoms with Crippen LogP contribution in [0.25, 0.3) is 11.4 Å². The third-order valence-electron chi connectivity index (χ3n) is 5.66. The van der Waals surface area contributed by atoms with Crippen molar-refractivity contribution in [1.29, 1.82) is 0 Å². The maximum absolute atomic E-state index is 13.3. The second-order valence-electron chi connectivity index (χ2n) is 7.59. The van der Waals surface area contributed by atoms with Crippen LogP contribution in [0, 0.1) is 5.92 Å². The lowest BCUT2D eigenvalue weighted by Gasteiger charge is -2.29. The molecule has 2 unspecified atom stereocenters. The molecule has 166 valence electrons. The van der Waals surface area contributed by atoms with Gasteiger partial charge < -0.3 is 14.0 Å². The fourth-order valence-corrected chi connectivity index (χ4v) is 3.74. The molecular formula is C23H25N4O5+. The molecule has 32 heavy (non-hydrogen) atoms. The molecule has 0 saturated heterocycles. The van der Waals surface area contributed by atoms with E-state index in [9.17, 15) is 9.59 Å². The Morgan fingerprint density at radius 1 is 1.16 bits per heavy atom. The van der Waals surface area contributed by atoms with Crippen LogP contribution in [0.1, 0.15) is 26.2 Å². The first-order chi connectivity index (χ1) is 15.5. The van der Waals surface area contributed by atoms with E-state index in [0.717, 1.165) is 0 Å². The standard InChI is InChI=1S/C23H25N4O5/c1-5-14(2)27-22(28)18-8-6-7-9-19(18)26(23(27)29)13-20-24-21(25-32-20)15-10-16(30-3)12-17(11-15)31-4/h6-12,14,18H,5,13H2,1-4H3/q+1. The van der Waals surface area contributed by atoms with Crippen LogP contribution in [0.3, 0.4) is 0 Å². The highest BCUT2D eigenvalue weighted by atomic mass is 16.5.